The van der Waals surface area contributed by atoms with Gasteiger partial charge in [-0.05, 0) is 32.0 Å². The van der Waals surface area contributed by atoms with Crippen LogP contribution < -0.4 is 26.6 Å². The second-order valence-electron chi connectivity index (χ2n) is 6.95. The maximum atomic E-state index is 13.1. The summed E-state index contributed by atoms with van der Waals surface area (Å²) in [5.74, 6) is -0.481. The van der Waals surface area contributed by atoms with Gasteiger partial charge in [0.25, 0.3) is 5.56 Å². The van der Waals surface area contributed by atoms with Crippen LogP contribution >= 0.6 is 0 Å². The van der Waals surface area contributed by atoms with E-state index in [2.05, 4.69) is 15.6 Å². The third kappa shape index (κ3) is 4.47. The number of fused-ring (bicyclic) bond motifs is 1. The van der Waals surface area contributed by atoms with Gasteiger partial charge in [0.1, 0.15) is 17.7 Å². The Morgan fingerprint density at radius 2 is 1.84 bits per heavy atom. The Morgan fingerprint density at radius 3 is 2.48 bits per heavy atom. The Hall–Kier alpha value is -3.95. The summed E-state index contributed by atoms with van der Waals surface area (Å²) in [5, 5.41) is 5.39. The van der Waals surface area contributed by atoms with Crippen LogP contribution in [0.15, 0.2) is 40.1 Å². The summed E-state index contributed by atoms with van der Waals surface area (Å²) in [6, 6.07) is 6.53. The SMILES string of the molecule is CCOc1c(C)cnc2c1c(=O)n(CC(=O)Nc1cccc(NC(C)=O)c1)c(=O)n2C. The lowest BCUT2D eigenvalue weighted by atomic mass is 10.2. The Balaban J connectivity index is 1.99. The highest BCUT2D eigenvalue weighted by atomic mass is 16.5. The van der Waals surface area contributed by atoms with Gasteiger partial charge >= 0.3 is 5.69 Å². The quantitative estimate of drug-likeness (QED) is 0.615. The van der Waals surface area contributed by atoms with E-state index in [1.54, 1.807) is 38.1 Å². The molecule has 0 atom stereocenters. The van der Waals surface area contributed by atoms with Crippen molar-refractivity contribution in [1.82, 2.24) is 14.1 Å². The Kier molecular flexibility index (Phi) is 6.19. The van der Waals surface area contributed by atoms with Crippen molar-refractivity contribution < 1.29 is 14.3 Å². The van der Waals surface area contributed by atoms with Crippen LogP contribution in [0.1, 0.15) is 19.4 Å². The highest BCUT2D eigenvalue weighted by molar-refractivity contribution is 5.93. The number of aryl methyl sites for hydroxylation is 2. The summed E-state index contributed by atoms with van der Waals surface area (Å²) in [6.07, 6.45) is 1.53. The van der Waals surface area contributed by atoms with Gasteiger partial charge in [0, 0.05) is 37.1 Å². The van der Waals surface area contributed by atoms with Crippen LogP contribution in [0.4, 0.5) is 11.4 Å². The van der Waals surface area contributed by atoms with Gasteiger partial charge in [-0.1, -0.05) is 6.07 Å². The second-order valence-corrected chi connectivity index (χ2v) is 6.95. The molecule has 10 nitrogen and oxygen atoms in total. The summed E-state index contributed by atoms with van der Waals surface area (Å²) in [6.45, 7) is 4.74. The number of carbonyl (C=O) groups excluding carboxylic acids is 2. The van der Waals surface area contributed by atoms with E-state index in [1.165, 1.54) is 24.7 Å². The molecule has 2 N–H and O–H groups in total. The maximum absolute atomic E-state index is 13.1. The molecule has 0 saturated carbocycles. The Labute approximate surface area is 177 Å². The predicted molar refractivity (Wildman–Crippen MR) is 117 cm³/mol. The summed E-state index contributed by atoms with van der Waals surface area (Å²) < 4.78 is 7.68. The van der Waals surface area contributed by atoms with Gasteiger partial charge in [0.05, 0.1) is 6.61 Å². The van der Waals surface area contributed by atoms with Crippen molar-refractivity contribution in [3.8, 4) is 5.75 Å². The number of anilines is 2. The van der Waals surface area contributed by atoms with E-state index in [4.69, 9.17) is 4.74 Å². The Bertz CT molecular complexity index is 1290. The van der Waals surface area contributed by atoms with E-state index in [9.17, 15) is 19.2 Å². The highest BCUT2D eigenvalue weighted by Crippen LogP contribution is 2.24. The first-order valence-corrected chi connectivity index (χ1v) is 9.62. The molecular weight excluding hydrogens is 402 g/mol. The molecule has 1 aromatic carbocycles. The molecular formula is C21H23N5O5. The molecule has 162 valence electrons. The number of pyridine rings is 1. The van der Waals surface area contributed by atoms with Crippen molar-refractivity contribution in [2.45, 2.75) is 27.3 Å². The van der Waals surface area contributed by atoms with E-state index in [0.717, 1.165) is 4.57 Å². The van der Waals surface area contributed by atoms with E-state index in [1.807, 2.05) is 0 Å². The zero-order valence-electron chi connectivity index (χ0n) is 17.7. The number of nitrogens with zero attached hydrogens (tertiary/aromatic N) is 3. The van der Waals surface area contributed by atoms with Crippen molar-refractivity contribution in [3.63, 3.8) is 0 Å². The monoisotopic (exact) mass is 425 g/mol. The number of hydrogen-bond acceptors (Lipinski definition) is 6. The fourth-order valence-corrected chi connectivity index (χ4v) is 3.21. The minimum Gasteiger partial charge on any atom is -0.493 e. The molecule has 0 aliphatic rings. The number of nitrogens with one attached hydrogen (secondary N) is 2. The van der Waals surface area contributed by atoms with Crippen LogP contribution in [-0.4, -0.2) is 32.5 Å². The lowest BCUT2D eigenvalue weighted by Crippen LogP contribution is -2.42. The molecule has 0 radical (unpaired) electrons. The number of rotatable bonds is 6. The van der Waals surface area contributed by atoms with Crippen molar-refractivity contribution in [3.05, 3.63) is 56.9 Å². The molecule has 0 fully saturated rings. The van der Waals surface area contributed by atoms with Crippen molar-refractivity contribution in [2.24, 2.45) is 7.05 Å². The molecule has 0 aliphatic heterocycles. The first-order valence-electron chi connectivity index (χ1n) is 9.62. The minimum atomic E-state index is -0.668. The first-order chi connectivity index (χ1) is 14.7. The zero-order valence-corrected chi connectivity index (χ0v) is 17.7. The van der Waals surface area contributed by atoms with Crippen molar-refractivity contribution in [2.75, 3.05) is 17.2 Å². The molecule has 31 heavy (non-hydrogen) atoms. The summed E-state index contributed by atoms with van der Waals surface area (Å²) in [4.78, 5) is 53.9. The smallest absolute Gasteiger partial charge is 0.332 e. The largest absolute Gasteiger partial charge is 0.493 e. The average Bonchev–Trinajstić information content (AvgIpc) is 2.71. The maximum Gasteiger partial charge on any atom is 0.332 e. The van der Waals surface area contributed by atoms with Gasteiger partial charge in [-0.25, -0.2) is 14.3 Å². The molecule has 0 saturated heterocycles. The summed E-state index contributed by atoms with van der Waals surface area (Å²) >= 11 is 0. The molecule has 0 spiro atoms. The van der Waals surface area contributed by atoms with E-state index >= 15 is 0 Å². The van der Waals surface area contributed by atoms with Crippen LogP contribution in [0.2, 0.25) is 0 Å². The summed E-state index contributed by atoms with van der Waals surface area (Å²) in [5.41, 5.74) is 0.430. The van der Waals surface area contributed by atoms with Crippen LogP contribution in [0.25, 0.3) is 11.0 Å². The molecule has 10 heteroatoms. The van der Waals surface area contributed by atoms with Crippen LogP contribution in [-0.2, 0) is 23.2 Å². The third-order valence-corrected chi connectivity index (χ3v) is 4.54. The van der Waals surface area contributed by atoms with E-state index in [0.29, 0.717) is 29.3 Å². The average molecular weight is 425 g/mol. The fraction of sp³-hybridized carbons (Fsp3) is 0.286. The summed E-state index contributed by atoms with van der Waals surface area (Å²) in [7, 11) is 1.48. The molecule has 2 aromatic heterocycles. The van der Waals surface area contributed by atoms with Crippen molar-refractivity contribution in [1.29, 1.82) is 0 Å². The fourth-order valence-electron chi connectivity index (χ4n) is 3.21. The molecule has 2 heterocycles. The lowest BCUT2D eigenvalue weighted by molar-refractivity contribution is -0.117. The third-order valence-electron chi connectivity index (χ3n) is 4.54. The van der Waals surface area contributed by atoms with Crippen molar-refractivity contribution >= 4 is 34.2 Å². The van der Waals surface area contributed by atoms with Crippen LogP contribution in [0, 0.1) is 6.92 Å². The van der Waals surface area contributed by atoms with E-state index < -0.39 is 23.7 Å². The van der Waals surface area contributed by atoms with Gasteiger partial charge in [-0.15, -0.1) is 0 Å². The molecule has 0 unspecified atom stereocenters. The van der Waals surface area contributed by atoms with Gasteiger partial charge in [0.15, 0.2) is 5.65 Å². The number of carbonyl (C=O) groups is 2. The number of benzene rings is 1. The number of aromatic nitrogens is 3. The van der Waals surface area contributed by atoms with Gasteiger partial charge in [0.2, 0.25) is 11.8 Å². The van der Waals surface area contributed by atoms with Crippen LogP contribution in [0.3, 0.4) is 0 Å². The topological polar surface area (TPSA) is 124 Å². The lowest BCUT2D eigenvalue weighted by Gasteiger charge is -2.14. The molecule has 0 aliphatic carbocycles. The second kappa shape index (κ2) is 8.82. The molecule has 3 rings (SSSR count). The Morgan fingerprint density at radius 1 is 1.16 bits per heavy atom. The predicted octanol–water partition coefficient (Wildman–Crippen LogP) is 1.40. The standard InChI is InChI=1S/C21H23N5O5/c1-5-31-18-12(2)10-22-19-17(18)20(29)26(21(30)25(19)4)11-16(28)24-15-8-6-7-14(9-15)23-13(3)27/h6-10H,5,11H2,1-4H3,(H,23,27)(H,24,28). The van der Waals surface area contributed by atoms with Gasteiger partial charge in [-0.2, -0.15) is 0 Å². The first kappa shape index (κ1) is 21.8. The van der Waals surface area contributed by atoms with E-state index in [-0.39, 0.29) is 16.9 Å². The molecule has 3 aromatic rings. The highest BCUT2D eigenvalue weighted by Gasteiger charge is 2.19. The number of hydrogen-bond donors (Lipinski definition) is 2. The van der Waals surface area contributed by atoms with Crippen LogP contribution in [0.5, 0.6) is 5.75 Å². The minimum absolute atomic E-state index is 0.143. The normalized spacial score (nSPS) is 10.7. The molecule has 2 amide bonds. The number of amides is 2. The molecule has 0 bridgehead atoms. The van der Waals surface area contributed by atoms with Gasteiger partial charge in [-0.3, -0.25) is 19.0 Å². The number of ether oxygens (including phenoxy) is 1. The van der Waals surface area contributed by atoms with Gasteiger partial charge < -0.3 is 15.4 Å². The zero-order chi connectivity index (χ0) is 22.7.